The van der Waals surface area contributed by atoms with Gasteiger partial charge in [-0.15, -0.1) is 0 Å². The van der Waals surface area contributed by atoms with Crippen molar-refractivity contribution in [1.82, 2.24) is 9.88 Å². The molecule has 0 aliphatic rings. The lowest BCUT2D eigenvalue weighted by Crippen LogP contribution is -2.23. The summed E-state index contributed by atoms with van der Waals surface area (Å²) in [5.41, 5.74) is 1.22. The third-order valence-corrected chi connectivity index (χ3v) is 3.26. The van der Waals surface area contributed by atoms with Crippen molar-refractivity contribution in [2.75, 3.05) is 20.2 Å². The number of benzene rings is 1. The highest BCUT2D eigenvalue weighted by atomic mass is 79.9. The molecule has 1 aromatic heterocycles. The second-order valence-corrected chi connectivity index (χ2v) is 5.32. The highest BCUT2D eigenvalue weighted by Gasteiger charge is 2.01. The van der Waals surface area contributed by atoms with E-state index >= 15 is 0 Å². The summed E-state index contributed by atoms with van der Waals surface area (Å²) in [7, 11) is 2.08. The van der Waals surface area contributed by atoms with Gasteiger partial charge in [0, 0.05) is 30.0 Å². The van der Waals surface area contributed by atoms with Crippen molar-refractivity contribution in [3.05, 3.63) is 58.8 Å². The Hall–Kier alpha value is -1.39. The van der Waals surface area contributed by atoms with Crippen LogP contribution in [-0.2, 0) is 6.54 Å². The van der Waals surface area contributed by atoms with Crippen molar-refractivity contribution >= 4 is 15.9 Å². The first-order chi connectivity index (χ1) is 9.24. The molecule has 0 radical (unpaired) electrons. The Morgan fingerprint density at radius 3 is 2.68 bits per heavy atom. The third kappa shape index (κ3) is 5.01. The number of ether oxygens (including phenoxy) is 1. The van der Waals surface area contributed by atoms with Crippen LogP contribution in [0.25, 0.3) is 0 Å². The van der Waals surface area contributed by atoms with Crippen LogP contribution in [0, 0.1) is 0 Å². The first-order valence-electron chi connectivity index (χ1n) is 6.20. The average molecular weight is 321 g/mol. The van der Waals surface area contributed by atoms with Crippen molar-refractivity contribution in [3.8, 4) is 5.75 Å². The molecule has 0 unspecified atom stereocenters. The maximum Gasteiger partial charge on any atom is 0.119 e. The fourth-order valence-electron chi connectivity index (χ4n) is 1.73. The van der Waals surface area contributed by atoms with E-state index in [2.05, 4.69) is 38.9 Å². The lowest BCUT2D eigenvalue weighted by Gasteiger charge is -2.16. The van der Waals surface area contributed by atoms with Crippen molar-refractivity contribution < 1.29 is 4.74 Å². The van der Waals surface area contributed by atoms with Gasteiger partial charge in [0.15, 0.2) is 0 Å². The third-order valence-electron chi connectivity index (χ3n) is 2.73. The first kappa shape index (κ1) is 14.0. The topological polar surface area (TPSA) is 25.4 Å². The van der Waals surface area contributed by atoms with Crippen LogP contribution >= 0.6 is 15.9 Å². The maximum absolute atomic E-state index is 5.69. The lowest BCUT2D eigenvalue weighted by atomic mass is 10.3. The van der Waals surface area contributed by atoms with Crippen molar-refractivity contribution in [1.29, 1.82) is 0 Å². The van der Waals surface area contributed by atoms with Gasteiger partial charge in [-0.2, -0.15) is 0 Å². The van der Waals surface area contributed by atoms with Crippen LogP contribution < -0.4 is 4.74 Å². The molecule has 0 spiro atoms. The molecule has 0 N–H and O–H groups in total. The molecule has 0 atom stereocenters. The molecule has 19 heavy (non-hydrogen) atoms. The zero-order valence-electron chi connectivity index (χ0n) is 10.9. The smallest absolute Gasteiger partial charge is 0.119 e. The van der Waals surface area contributed by atoms with E-state index in [1.165, 1.54) is 5.56 Å². The lowest BCUT2D eigenvalue weighted by molar-refractivity contribution is 0.232. The molecule has 0 amide bonds. The standard InChI is InChI=1S/C15H17BrN2O/c1-18(12-13-3-2-8-17-11-13)9-10-19-15-6-4-14(16)5-7-15/h2-8,11H,9-10,12H2,1H3. The molecule has 0 bridgehead atoms. The van der Waals surface area contributed by atoms with Crippen LogP contribution in [0.1, 0.15) is 5.56 Å². The predicted octanol–water partition coefficient (Wildman–Crippen LogP) is 3.35. The van der Waals surface area contributed by atoms with E-state index in [9.17, 15) is 0 Å². The summed E-state index contributed by atoms with van der Waals surface area (Å²) >= 11 is 3.40. The van der Waals surface area contributed by atoms with Crippen LogP contribution in [-0.4, -0.2) is 30.1 Å². The average Bonchev–Trinajstić information content (AvgIpc) is 2.42. The Labute approximate surface area is 122 Å². The summed E-state index contributed by atoms with van der Waals surface area (Å²) < 4.78 is 6.75. The van der Waals surface area contributed by atoms with Crippen LogP contribution in [0.2, 0.25) is 0 Å². The van der Waals surface area contributed by atoms with Gasteiger partial charge in [-0.1, -0.05) is 22.0 Å². The number of hydrogen-bond donors (Lipinski definition) is 0. The van der Waals surface area contributed by atoms with Crippen molar-refractivity contribution in [2.45, 2.75) is 6.54 Å². The van der Waals surface area contributed by atoms with Gasteiger partial charge < -0.3 is 4.74 Å². The molecule has 0 aliphatic carbocycles. The van der Waals surface area contributed by atoms with Gasteiger partial charge in [-0.05, 0) is 42.9 Å². The van der Waals surface area contributed by atoms with E-state index in [4.69, 9.17) is 4.74 Å². The molecule has 1 heterocycles. The van der Waals surface area contributed by atoms with E-state index in [1.54, 1.807) is 6.20 Å². The maximum atomic E-state index is 5.69. The Morgan fingerprint density at radius 1 is 1.21 bits per heavy atom. The molecule has 0 fully saturated rings. The molecule has 0 saturated heterocycles. The summed E-state index contributed by atoms with van der Waals surface area (Å²) in [6.45, 7) is 2.45. The number of hydrogen-bond acceptors (Lipinski definition) is 3. The van der Waals surface area contributed by atoms with Gasteiger partial charge in [0.1, 0.15) is 12.4 Å². The number of pyridine rings is 1. The number of likely N-dealkylation sites (N-methyl/N-ethyl adjacent to an activating group) is 1. The molecule has 1 aromatic carbocycles. The predicted molar refractivity (Wildman–Crippen MR) is 80.2 cm³/mol. The van der Waals surface area contributed by atoms with Crippen molar-refractivity contribution in [2.24, 2.45) is 0 Å². The number of nitrogens with zero attached hydrogens (tertiary/aromatic N) is 2. The van der Waals surface area contributed by atoms with Gasteiger partial charge in [0.05, 0.1) is 0 Å². The summed E-state index contributed by atoms with van der Waals surface area (Å²) in [6.07, 6.45) is 3.69. The Kier molecular flexibility index (Phi) is 5.36. The van der Waals surface area contributed by atoms with E-state index in [-0.39, 0.29) is 0 Å². The minimum Gasteiger partial charge on any atom is -0.492 e. The summed E-state index contributed by atoms with van der Waals surface area (Å²) in [6, 6.07) is 11.9. The Balaban J connectivity index is 1.72. The van der Waals surface area contributed by atoms with E-state index < -0.39 is 0 Å². The number of aromatic nitrogens is 1. The van der Waals surface area contributed by atoms with E-state index in [0.717, 1.165) is 23.3 Å². The molecule has 3 nitrogen and oxygen atoms in total. The number of rotatable bonds is 6. The first-order valence-corrected chi connectivity index (χ1v) is 6.99. The summed E-state index contributed by atoms with van der Waals surface area (Å²) in [5.74, 6) is 0.901. The molecule has 2 rings (SSSR count). The molecule has 0 saturated carbocycles. The molecular formula is C15H17BrN2O. The quantitative estimate of drug-likeness (QED) is 0.816. The summed E-state index contributed by atoms with van der Waals surface area (Å²) in [5, 5.41) is 0. The minimum absolute atomic E-state index is 0.679. The molecule has 0 aliphatic heterocycles. The zero-order chi connectivity index (χ0) is 13.5. The molecule has 2 aromatic rings. The normalized spacial score (nSPS) is 10.7. The van der Waals surface area contributed by atoms with Crippen LogP contribution in [0.3, 0.4) is 0 Å². The van der Waals surface area contributed by atoms with Gasteiger partial charge in [0.2, 0.25) is 0 Å². The van der Waals surface area contributed by atoms with Crippen LogP contribution in [0.15, 0.2) is 53.3 Å². The van der Waals surface area contributed by atoms with Crippen molar-refractivity contribution in [3.63, 3.8) is 0 Å². The molecule has 100 valence electrons. The second-order valence-electron chi connectivity index (χ2n) is 4.40. The SMILES string of the molecule is CN(CCOc1ccc(Br)cc1)Cc1cccnc1. The van der Waals surface area contributed by atoms with Gasteiger partial charge in [-0.3, -0.25) is 9.88 Å². The molecule has 4 heteroatoms. The fourth-order valence-corrected chi connectivity index (χ4v) is 2.00. The highest BCUT2D eigenvalue weighted by molar-refractivity contribution is 9.10. The monoisotopic (exact) mass is 320 g/mol. The van der Waals surface area contributed by atoms with Gasteiger partial charge in [0.25, 0.3) is 0 Å². The van der Waals surface area contributed by atoms with Gasteiger partial charge in [-0.25, -0.2) is 0 Å². The van der Waals surface area contributed by atoms with Crippen LogP contribution in [0.5, 0.6) is 5.75 Å². The summed E-state index contributed by atoms with van der Waals surface area (Å²) in [4.78, 5) is 6.33. The zero-order valence-corrected chi connectivity index (χ0v) is 12.5. The van der Waals surface area contributed by atoms with Gasteiger partial charge >= 0.3 is 0 Å². The van der Waals surface area contributed by atoms with Crippen LogP contribution in [0.4, 0.5) is 0 Å². The fraction of sp³-hybridized carbons (Fsp3) is 0.267. The minimum atomic E-state index is 0.679. The second kappa shape index (κ2) is 7.26. The highest BCUT2D eigenvalue weighted by Crippen LogP contribution is 2.15. The van der Waals surface area contributed by atoms with E-state index in [0.29, 0.717) is 6.61 Å². The Morgan fingerprint density at radius 2 is 2.00 bits per heavy atom. The number of halogens is 1. The van der Waals surface area contributed by atoms with E-state index in [1.807, 2.05) is 36.5 Å². The molecular weight excluding hydrogens is 304 g/mol. The Bertz CT molecular complexity index is 487. The largest absolute Gasteiger partial charge is 0.492 e.